The highest BCUT2D eigenvalue weighted by Gasteiger charge is 2.37. The highest BCUT2D eigenvalue weighted by Crippen LogP contribution is 2.45. The molecule has 0 spiro atoms. The van der Waals surface area contributed by atoms with E-state index in [0.29, 0.717) is 0 Å². The molecule has 41 heavy (non-hydrogen) atoms. The zero-order chi connectivity index (χ0) is 30.4. The summed E-state index contributed by atoms with van der Waals surface area (Å²) in [4.78, 5) is 31.2. The molecular weight excluding hydrogens is 579 g/mol. The topological polar surface area (TPSA) is 206 Å². The predicted octanol–water partition coefficient (Wildman–Crippen LogP) is 2.19. The molecular formula is C25H32ClN6O8P. The van der Waals surface area contributed by atoms with Crippen molar-refractivity contribution in [3.8, 4) is 17.0 Å². The Morgan fingerprint density at radius 2 is 1.98 bits per heavy atom. The molecule has 3 unspecified atom stereocenters. The molecule has 3 aromatic rings. The van der Waals surface area contributed by atoms with Crippen LogP contribution in [0.25, 0.3) is 11.0 Å². The van der Waals surface area contributed by atoms with E-state index in [9.17, 15) is 19.3 Å². The first-order chi connectivity index (χ1) is 19.2. The van der Waals surface area contributed by atoms with Gasteiger partial charge in [-0.05, 0) is 57.5 Å². The standard InChI is InChI=1S/C25H32ClN6O8P/c1-15(2)38-22(35)16(3)31-41(36,40-17-8-6-5-7-9-17)37-14-19(33)39-23(25(4,28)11-12-26)32-13-10-18-20(32)29-24(27)30-21(18)34/h5-10,13,15-16,19,23,33H,14,28H2,1-4H3,(H,31,36)(H3,27,29,30,34)/t16?,19-,23-,25?,41?/m1/s1. The molecule has 3 rings (SSSR count). The summed E-state index contributed by atoms with van der Waals surface area (Å²) in [5, 5.41) is 15.7. The fourth-order valence-corrected chi connectivity index (χ4v) is 5.28. The van der Waals surface area contributed by atoms with E-state index in [-0.39, 0.29) is 22.7 Å². The Labute approximate surface area is 240 Å². The minimum atomic E-state index is -4.31. The second-order valence-corrected chi connectivity index (χ2v) is 11.3. The Morgan fingerprint density at radius 3 is 2.61 bits per heavy atom. The number of carbonyl (C=O) groups excluding carboxylic acids is 1. The molecule has 0 amide bonds. The maximum absolute atomic E-state index is 13.7. The van der Waals surface area contributed by atoms with Crippen LogP contribution in [0.2, 0.25) is 0 Å². The molecule has 1 aromatic carbocycles. The maximum Gasteiger partial charge on any atom is 0.459 e. The number of aliphatic hydroxyl groups excluding tert-OH is 1. The molecule has 0 radical (unpaired) electrons. The van der Waals surface area contributed by atoms with Gasteiger partial charge in [-0.25, -0.2) is 4.57 Å². The molecule has 7 N–H and O–H groups in total. The van der Waals surface area contributed by atoms with E-state index < -0.39 is 56.1 Å². The number of halogens is 1. The van der Waals surface area contributed by atoms with Crippen LogP contribution >= 0.6 is 19.3 Å². The van der Waals surface area contributed by atoms with Gasteiger partial charge >= 0.3 is 13.7 Å². The van der Waals surface area contributed by atoms with Gasteiger partial charge in [0.05, 0.1) is 11.5 Å². The fraction of sp³-hybridized carbons (Fsp3) is 0.400. The van der Waals surface area contributed by atoms with Gasteiger partial charge in [-0.3, -0.25) is 19.1 Å². The van der Waals surface area contributed by atoms with Crippen LogP contribution < -0.4 is 26.6 Å². The summed E-state index contributed by atoms with van der Waals surface area (Å²) in [6.07, 6.45) is -2.07. The molecule has 5 atom stereocenters. The lowest BCUT2D eigenvalue weighted by Crippen LogP contribution is -2.47. The third kappa shape index (κ3) is 8.54. The summed E-state index contributed by atoms with van der Waals surface area (Å²) in [7, 11) is -4.31. The Morgan fingerprint density at radius 1 is 1.29 bits per heavy atom. The van der Waals surface area contributed by atoms with Gasteiger partial charge in [-0.2, -0.15) is 10.1 Å². The average Bonchev–Trinajstić information content (AvgIpc) is 3.29. The van der Waals surface area contributed by atoms with Crippen LogP contribution in [0, 0.1) is 11.3 Å². The van der Waals surface area contributed by atoms with Crippen molar-refractivity contribution in [2.75, 3.05) is 12.3 Å². The van der Waals surface area contributed by atoms with Gasteiger partial charge in [0.1, 0.15) is 23.9 Å². The van der Waals surface area contributed by atoms with E-state index in [1.807, 2.05) is 0 Å². The number of fused-ring (bicyclic) bond motifs is 1. The minimum Gasteiger partial charge on any atom is -0.462 e. The molecule has 2 aromatic heterocycles. The molecule has 0 aliphatic rings. The summed E-state index contributed by atoms with van der Waals surface area (Å²) in [6.45, 7) is 5.49. The number of H-pyrrole nitrogens is 1. The number of para-hydroxylation sites is 1. The Hall–Kier alpha value is -3.41. The number of nitrogen functional groups attached to an aromatic ring is 1. The molecule has 16 heteroatoms. The molecule has 0 aliphatic heterocycles. The van der Waals surface area contributed by atoms with Gasteiger partial charge < -0.3 is 35.1 Å². The van der Waals surface area contributed by atoms with E-state index in [2.05, 4.69) is 26.4 Å². The van der Waals surface area contributed by atoms with Crippen LogP contribution in [0.1, 0.15) is 33.9 Å². The highest BCUT2D eigenvalue weighted by atomic mass is 35.5. The van der Waals surface area contributed by atoms with Crippen LogP contribution in [0.4, 0.5) is 5.95 Å². The molecule has 2 heterocycles. The Kier molecular flexibility index (Phi) is 10.6. The number of rotatable bonds is 13. The zero-order valence-corrected chi connectivity index (χ0v) is 24.4. The zero-order valence-electron chi connectivity index (χ0n) is 22.7. The Balaban J connectivity index is 1.86. The first-order valence-corrected chi connectivity index (χ1v) is 14.3. The highest BCUT2D eigenvalue weighted by molar-refractivity contribution is 7.52. The summed E-state index contributed by atoms with van der Waals surface area (Å²) in [6, 6.07) is 8.41. The van der Waals surface area contributed by atoms with Gasteiger partial charge in [-0.15, -0.1) is 0 Å². The number of hydrogen-bond donors (Lipinski definition) is 5. The third-order valence-corrected chi connectivity index (χ3v) is 7.12. The largest absolute Gasteiger partial charge is 0.462 e. The van der Waals surface area contributed by atoms with Crippen LogP contribution in [0.5, 0.6) is 5.75 Å². The van der Waals surface area contributed by atoms with Crippen molar-refractivity contribution >= 4 is 42.3 Å². The van der Waals surface area contributed by atoms with Gasteiger partial charge in [-0.1, -0.05) is 24.1 Å². The lowest BCUT2D eigenvalue weighted by atomic mass is 10.0. The lowest BCUT2D eigenvalue weighted by molar-refractivity contribution is -0.186. The molecule has 0 saturated carbocycles. The van der Waals surface area contributed by atoms with Gasteiger partial charge in [0.15, 0.2) is 18.2 Å². The van der Waals surface area contributed by atoms with Crippen LogP contribution in [0.15, 0.2) is 47.4 Å². The summed E-state index contributed by atoms with van der Waals surface area (Å²) < 4.78 is 37.0. The summed E-state index contributed by atoms with van der Waals surface area (Å²) in [5.74, 6) is 1.88. The van der Waals surface area contributed by atoms with Gasteiger partial charge in [0.25, 0.3) is 5.56 Å². The molecule has 0 fully saturated rings. The molecule has 0 bridgehead atoms. The van der Waals surface area contributed by atoms with Crippen LogP contribution in [-0.2, 0) is 23.4 Å². The fourth-order valence-electron chi connectivity index (χ4n) is 3.59. The second kappa shape index (κ2) is 13.5. The van der Waals surface area contributed by atoms with E-state index >= 15 is 0 Å². The maximum atomic E-state index is 13.7. The van der Waals surface area contributed by atoms with Crippen molar-refractivity contribution in [1.82, 2.24) is 19.6 Å². The Bertz CT molecular complexity index is 1520. The van der Waals surface area contributed by atoms with Crippen molar-refractivity contribution in [1.29, 1.82) is 0 Å². The number of benzene rings is 1. The normalized spacial score (nSPS) is 16.6. The quantitative estimate of drug-likeness (QED) is 0.0817. The number of aliphatic hydroxyl groups is 1. The predicted molar refractivity (Wildman–Crippen MR) is 152 cm³/mol. The number of ether oxygens (including phenoxy) is 2. The average molecular weight is 611 g/mol. The SMILES string of the molecule is CC(C)OC(=O)C(C)NP(=O)(OC[C@H](O)O[C@@H](n1ccc2c(=O)[nH]c(N)nc21)C(C)(N)C#CCl)Oc1ccccc1. The van der Waals surface area contributed by atoms with Crippen LogP contribution in [-0.4, -0.2) is 56.2 Å². The molecule has 14 nitrogen and oxygen atoms in total. The number of aromatic nitrogens is 3. The van der Waals surface area contributed by atoms with Gasteiger partial charge in [0, 0.05) is 11.6 Å². The lowest BCUT2D eigenvalue weighted by Gasteiger charge is -2.33. The van der Waals surface area contributed by atoms with Gasteiger partial charge in [0.2, 0.25) is 5.95 Å². The summed E-state index contributed by atoms with van der Waals surface area (Å²) >= 11 is 5.62. The van der Waals surface area contributed by atoms with E-state index in [1.54, 1.807) is 32.0 Å². The number of aromatic amines is 1. The number of nitrogens with two attached hydrogens (primary N) is 2. The number of hydrogen-bond acceptors (Lipinski definition) is 11. The second-order valence-electron chi connectivity index (χ2n) is 9.39. The van der Waals surface area contributed by atoms with E-state index in [0.717, 1.165) is 0 Å². The molecule has 0 saturated heterocycles. The van der Waals surface area contributed by atoms with Crippen molar-refractivity contribution < 1.29 is 33.0 Å². The monoisotopic (exact) mass is 610 g/mol. The first-order valence-electron chi connectivity index (χ1n) is 12.3. The minimum absolute atomic E-state index is 0.0923. The first kappa shape index (κ1) is 32.1. The van der Waals surface area contributed by atoms with Crippen molar-refractivity contribution in [3.05, 3.63) is 52.9 Å². The van der Waals surface area contributed by atoms with E-state index in [1.165, 1.54) is 42.8 Å². The smallest absolute Gasteiger partial charge is 0.459 e. The van der Waals surface area contributed by atoms with Crippen molar-refractivity contribution in [2.45, 2.75) is 57.9 Å². The van der Waals surface area contributed by atoms with Crippen molar-refractivity contribution in [2.24, 2.45) is 5.73 Å². The number of esters is 1. The number of nitrogens with one attached hydrogen (secondary N) is 2. The number of carbonyl (C=O) groups is 1. The number of nitrogens with zero attached hydrogens (tertiary/aromatic N) is 2. The summed E-state index contributed by atoms with van der Waals surface area (Å²) in [5.41, 5.74) is 10.1. The third-order valence-electron chi connectivity index (χ3n) is 5.38. The van der Waals surface area contributed by atoms with Crippen LogP contribution in [0.3, 0.4) is 0 Å². The number of anilines is 1. The van der Waals surface area contributed by atoms with Crippen molar-refractivity contribution in [3.63, 3.8) is 0 Å². The molecule has 222 valence electrons. The van der Waals surface area contributed by atoms with E-state index in [4.69, 9.17) is 41.6 Å². The molecule has 0 aliphatic carbocycles.